The first-order chi connectivity index (χ1) is 9.52. The second-order valence-electron chi connectivity index (χ2n) is 5.87. The van der Waals surface area contributed by atoms with E-state index < -0.39 is 5.97 Å². The first kappa shape index (κ1) is 16.7. The molecule has 0 heterocycles. The van der Waals surface area contributed by atoms with Crippen LogP contribution in [0.25, 0.3) is 0 Å². The van der Waals surface area contributed by atoms with Gasteiger partial charge in [-0.05, 0) is 30.7 Å². The van der Waals surface area contributed by atoms with Crippen molar-refractivity contribution in [3.63, 3.8) is 0 Å². The summed E-state index contributed by atoms with van der Waals surface area (Å²) in [7, 11) is 0. The molecule has 0 saturated heterocycles. The van der Waals surface area contributed by atoms with Crippen molar-refractivity contribution in [3.8, 4) is 0 Å². The Bertz CT molecular complexity index is 389. The van der Waals surface area contributed by atoms with Gasteiger partial charge in [0.25, 0.3) is 0 Å². The number of hydrogen-bond acceptors (Lipinski definition) is 2. The molecular weight excluding hydrogens is 250 g/mol. The van der Waals surface area contributed by atoms with E-state index in [1.54, 1.807) is 0 Å². The third kappa shape index (κ3) is 6.20. The molecule has 2 N–H and O–H groups in total. The molecule has 0 aliphatic heterocycles. The maximum absolute atomic E-state index is 11.3. The van der Waals surface area contributed by atoms with E-state index in [4.69, 9.17) is 0 Å². The molecule has 112 valence electrons. The Balaban J connectivity index is 2.49. The highest BCUT2D eigenvalue weighted by molar-refractivity contribution is 5.70. The molecule has 1 aromatic carbocycles. The molecule has 1 aromatic rings. The zero-order valence-corrected chi connectivity index (χ0v) is 12.8. The van der Waals surface area contributed by atoms with Crippen LogP contribution in [-0.2, 0) is 11.2 Å². The smallest absolute Gasteiger partial charge is 0.307 e. The van der Waals surface area contributed by atoms with Gasteiger partial charge in [-0.3, -0.25) is 4.79 Å². The molecule has 0 radical (unpaired) electrons. The third-order valence-corrected chi connectivity index (χ3v) is 3.58. The summed E-state index contributed by atoms with van der Waals surface area (Å²) in [4.78, 5) is 11.3. The van der Waals surface area contributed by atoms with E-state index in [0.717, 1.165) is 19.3 Å². The topological polar surface area (TPSA) is 49.3 Å². The van der Waals surface area contributed by atoms with Gasteiger partial charge in [0.1, 0.15) is 0 Å². The predicted octanol–water partition coefficient (Wildman–Crippen LogP) is 3.34. The SMILES string of the molecule is CCC(Cc1ccccc1)NCC(CC(C)C)C(=O)O. The van der Waals surface area contributed by atoms with Crippen LogP contribution in [0, 0.1) is 11.8 Å². The second kappa shape index (κ2) is 8.75. The summed E-state index contributed by atoms with van der Waals surface area (Å²) < 4.78 is 0. The summed E-state index contributed by atoms with van der Waals surface area (Å²) in [5.74, 6) is -0.576. The van der Waals surface area contributed by atoms with E-state index in [-0.39, 0.29) is 5.92 Å². The fraction of sp³-hybridized carbons (Fsp3) is 0.588. The summed E-state index contributed by atoms with van der Waals surface area (Å²) in [5.41, 5.74) is 1.29. The molecule has 1 rings (SSSR count). The Labute approximate surface area is 122 Å². The van der Waals surface area contributed by atoms with Crippen LogP contribution in [0.1, 0.15) is 39.2 Å². The van der Waals surface area contributed by atoms with Crippen LogP contribution < -0.4 is 5.32 Å². The monoisotopic (exact) mass is 277 g/mol. The normalized spacial score (nSPS) is 14.2. The van der Waals surface area contributed by atoms with Crippen molar-refractivity contribution in [3.05, 3.63) is 35.9 Å². The van der Waals surface area contributed by atoms with Crippen molar-refractivity contribution in [2.75, 3.05) is 6.54 Å². The van der Waals surface area contributed by atoms with Gasteiger partial charge in [-0.15, -0.1) is 0 Å². The highest BCUT2D eigenvalue weighted by Crippen LogP contribution is 2.12. The van der Waals surface area contributed by atoms with Crippen molar-refractivity contribution >= 4 is 5.97 Å². The summed E-state index contributed by atoms with van der Waals surface area (Å²) in [6, 6.07) is 10.7. The molecule has 2 unspecified atom stereocenters. The van der Waals surface area contributed by atoms with Crippen LogP contribution in [-0.4, -0.2) is 23.7 Å². The first-order valence-electron chi connectivity index (χ1n) is 7.53. The summed E-state index contributed by atoms with van der Waals surface area (Å²) in [6.07, 6.45) is 2.68. The first-order valence-corrected chi connectivity index (χ1v) is 7.53. The number of aliphatic carboxylic acids is 1. The van der Waals surface area contributed by atoms with Gasteiger partial charge in [0.05, 0.1) is 5.92 Å². The van der Waals surface area contributed by atoms with Crippen molar-refractivity contribution in [1.29, 1.82) is 0 Å². The summed E-state index contributed by atoms with van der Waals surface area (Å²) >= 11 is 0. The van der Waals surface area contributed by atoms with Crippen LogP contribution in [0.3, 0.4) is 0 Å². The minimum Gasteiger partial charge on any atom is -0.481 e. The van der Waals surface area contributed by atoms with E-state index in [2.05, 4.69) is 38.2 Å². The van der Waals surface area contributed by atoms with Gasteiger partial charge in [-0.1, -0.05) is 51.1 Å². The van der Waals surface area contributed by atoms with Gasteiger partial charge in [-0.25, -0.2) is 0 Å². The van der Waals surface area contributed by atoms with Gasteiger partial charge >= 0.3 is 5.97 Å². The average Bonchev–Trinajstić information content (AvgIpc) is 2.42. The van der Waals surface area contributed by atoms with Crippen LogP contribution in [0.2, 0.25) is 0 Å². The number of rotatable bonds is 9. The highest BCUT2D eigenvalue weighted by atomic mass is 16.4. The molecule has 3 nitrogen and oxygen atoms in total. The van der Waals surface area contributed by atoms with Gasteiger partial charge in [0.2, 0.25) is 0 Å². The lowest BCUT2D eigenvalue weighted by Crippen LogP contribution is -2.37. The minimum atomic E-state index is -0.694. The largest absolute Gasteiger partial charge is 0.481 e. The van der Waals surface area contributed by atoms with Crippen LogP contribution >= 0.6 is 0 Å². The highest BCUT2D eigenvalue weighted by Gasteiger charge is 2.20. The molecule has 0 spiro atoms. The fourth-order valence-corrected chi connectivity index (χ4v) is 2.41. The molecule has 0 aliphatic carbocycles. The fourth-order valence-electron chi connectivity index (χ4n) is 2.41. The van der Waals surface area contributed by atoms with Crippen LogP contribution in [0.4, 0.5) is 0 Å². The van der Waals surface area contributed by atoms with Crippen LogP contribution in [0.15, 0.2) is 30.3 Å². The molecule has 0 amide bonds. The summed E-state index contributed by atoms with van der Waals surface area (Å²) in [6.45, 7) is 6.83. The second-order valence-corrected chi connectivity index (χ2v) is 5.87. The van der Waals surface area contributed by atoms with Gasteiger partial charge in [-0.2, -0.15) is 0 Å². The molecule has 0 aliphatic rings. The van der Waals surface area contributed by atoms with Crippen molar-refractivity contribution in [2.24, 2.45) is 11.8 Å². The molecule has 3 heteroatoms. The number of benzene rings is 1. The minimum absolute atomic E-state index is 0.292. The standard InChI is InChI=1S/C17H27NO2/c1-4-16(11-14-8-6-5-7-9-14)18-12-15(17(19)20)10-13(2)3/h5-9,13,15-16,18H,4,10-12H2,1-3H3,(H,19,20). The van der Waals surface area contributed by atoms with Gasteiger partial charge < -0.3 is 10.4 Å². The molecule has 0 saturated carbocycles. The molecule has 0 fully saturated rings. The molecule has 2 atom stereocenters. The lowest BCUT2D eigenvalue weighted by atomic mass is 9.96. The van der Waals surface area contributed by atoms with Gasteiger partial charge in [0, 0.05) is 12.6 Å². The van der Waals surface area contributed by atoms with E-state index in [1.165, 1.54) is 5.56 Å². The average molecular weight is 277 g/mol. The van der Waals surface area contributed by atoms with Crippen molar-refractivity contribution in [2.45, 2.75) is 46.1 Å². The Morgan fingerprint density at radius 3 is 2.40 bits per heavy atom. The molecule has 20 heavy (non-hydrogen) atoms. The Morgan fingerprint density at radius 1 is 1.25 bits per heavy atom. The quantitative estimate of drug-likeness (QED) is 0.728. The maximum atomic E-state index is 11.3. The molecule has 0 aromatic heterocycles. The van der Waals surface area contributed by atoms with Gasteiger partial charge in [0.15, 0.2) is 0 Å². The number of carbonyl (C=O) groups is 1. The van der Waals surface area contributed by atoms with E-state index in [0.29, 0.717) is 18.5 Å². The maximum Gasteiger partial charge on any atom is 0.307 e. The van der Waals surface area contributed by atoms with Crippen molar-refractivity contribution in [1.82, 2.24) is 5.32 Å². The number of carboxylic acids is 1. The van der Waals surface area contributed by atoms with Crippen molar-refractivity contribution < 1.29 is 9.90 Å². The van der Waals surface area contributed by atoms with E-state index >= 15 is 0 Å². The Morgan fingerprint density at radius 2 is 1.90 bits per heavy atom. The predicted molar refractivity (Wildman–Crippen MR) is 82.8 cm³/mol. The zero-order valence-electron chi connectivity index (χ0n) is 12.8. The summed E-state index contributed by atoms with van der Waals surface area (Å²) in [5, 5.41) is 12.7. The number of hydrogen-bond donors (Lipinski definition) is 2. The lowest BCUT2D eigenvalue weighted by molar-refractivity contribution is -0.142. The lowest BCUT2D eigenvalue weighted by Gasteiger charge is -2.21. The molecule has 0 bridgehead atoms. The van der Waals surface area contributed by atoms with E-state index in [1.807, 2.05) is 18.2 Å². The van der Waals surface area contributed by atoms with E-state index in [9.17, 15) is 9.90 Å². The number of carboxylic acid groups (broad SMARTS) is 1. The number of nitrogens with one attached hydrogen (secondary N) is 1. The molecular formula is C17H27NO2. The zero-order chi connectivity index (χ0) is 15.0. The third-order valence-electron chi connectivity index (χ3n) is 3.58. The Kier molecular flexibility index (Phi) is 7.31. The van der Waals surface area contributed by atoms with Crippen LogP contribution in [0.5, 0.6) is 0 Å². The Hall–Kier alpha value is -1.35.